The van der Waals surface area contributed by atoms with E-state index < -0.39 is 0 Å². The van der Waals surface area contributed by atoms with E-state index in [4.69, 9.17) is 0 Å². The van der Waals surface area contributed by atoms with Gasteiger partial charge < -0.3 is 4.90 Å². The fourth-order valence-electron chi connectivity index (χ4n) is 2.96. The van der Waals surface area contributed by atoms with Crippen molar-refractivity contribution in [2.24, 2.45) is 0 Å². The number of hydrogen-bond acceptors (Lipinski definition) is 2. The smallest absolute Gasteiger partial charge is 0.222 e. The monoisotopic (exact) mass is 326 g/mol. The minimum atomic E-state index is -0.167. The van der Waals surface area contributed by atoms with Gasteiger partial charge in [0.15, 0.2) is 0 Å². The maximum atomic E-state index is 13.8. The van der Waals surface area contributed by atoms with Crippen molar-refractivity contribution < 1.29 is 9.18 Å². The molecule has 1 amide bonds. The van der Waals surface area contributed by atoms with Gasteiger partial charge in [-0.15, -0.1) is 0 Å². The molecule has 102 valence electrons. The van der Waals surface area contributed by atoms with Crippen molar-refractivity contribution >= 4 is 21.8 Å². The highest BCUT2D eigenvalue weighted by atomic mass is 79.9. The Bertz CT molecular complexity index is 508. The third-order valence-corrected chi connectivity index (χ3v) is 4.48. The average molecular weight is 327 g/mol. The summed E-state index contributed by atoms with van der Waals surface area (Å²) in [6, 6.07) is 5.53. The molecule has 0 aliphatic carbocycles. The number of amides is 1. The van der Waals surface area contributed by atoms with E-state index in [1.807, 2.05) is 17.0 Å². The fraction of sp³-hybridized carbons (Fsp3) is 0.500. The standard InChI is InChI=1S/C14H16BrFN2O/c15-11-2-1-10(13(16)7-11)8-17-5-6-18-12(9-17)3-4-14(18)19/h1-2,7,12H,3-6,8-9H2. The fourth-order valence-corrected chi connectivity index (χ4v) is 3.30. The van der Waals surface area contributed by atoms with Crippen molar-refractivity contribution in [1.29, 1.82) is 0 Å². The molecule has 0 saturated carbocycles. The SMILES string of the molecule is O=C1CCC2CN(Cc3ccc(Br)cc3F)CCN12. The van der Waals surface area contributed by atoms with Crippen LogP contribution in [-0.2, 0) is 11.3 Å². The maximum absolute atomic E-state index is 13.8. The minimum absolute atomic E-state index is 0.167. The number of halogens is 2. The number of fused-ring (bicyclic) bond motifs is 1. The lowest BCUT2D eigenvalue weighted by Gasteiger charge is -2.37. The van der Waals surface area contributed by atoms with Crippen molar-refractivity contribution in [2.45, 2.75) is 25.4 Å². The van der Waals surface area contributed by atoms with Gasteiger partial charge in [0.1, 0.15) is 5.82 Å². The molecule has 3 rings (SSSR count). The van der Waals surface area contributed by atoms with Crippen molar-refractivity contribution in [2.75, 3.05) is 19.6 Å². The van der Waals surface area contributed by atoms with Gasteiger partial charge in [0.05, 0.1) is 0 Å². The Morgan fingerprint density at radius 3 is 3.00 bits per heavy atom. The van der Waals surface area contributed by atoms with Crippen molar-refractivity contribution in [1.82, 2.24) is 9.80 Å². The van der Waals surface area contributed by atoms with E-state index in [0.29, 0.717) is 19.0 Å². The molecule has 2 heterocycles. The molecule has 1 aromatic rings. The molecule has 5 heteroatoms. The van der Waals surface area contributed by atoms with E-state index in [2.05, 4.69) is 20.8 Å². The number of carbonyl (C=O) groups excluding carboxylic acids is 1. The van der Waals surface area contributed by atoms with Gasteiger partial charge in [-0.25, -0.2) is 4.39 Å². The van der Waals surface area contributed by atoms with Crippen LogP contribution in [0.25, 0.3) is 0 Å². The maximum Gasteiger partial charge on any atom is 0.222 e. The first-order valence-corrected chi connectivity index (χ1v) is 7.38. The van der Waals surface area contributed by atoms with Crippen molar-refractivity contribution in [3.05, 3.63) is 34.1 Å². The van der Waals surface area contributed by atoms with Crippen LogP contribution in [0.15, 0.2) is 22.7 Å². The van der Waals surface area contributed by atoms with Gasteiger partial charge in [-0.05, 0) is 18.6 Å². The molecule has 2 aliphatic heterocycles. The zero-order chi connectivity index (χ0) is 13.4. The molecule has 2 saturated heterocycles. The first-order chi connectivity index (χ1) is 9.13. The lowest BCUT2D eigenvalue weighted by atomic mass is 10.1. The minimum Gasteiger partial charge on any atom is -0.337 e. The summed E-state index contributed by atoms with van der Waals surface area (Å²) in [6.07, 6.45) is 1.61. The van der Waals surface area contributed by atoms with Crippen LogP contribution in [0.2, 0.25) is 0 Å². The topological polar surface area (TPSA) is 23.6 Å². The number of rotatable bonds is 2. The number of carbonyl (C=O) groups is 1. The highest BCUT2D eigenvalue weighted by Crippen LogP contribution is 2.24. The Kier molecular flexibility index (Phi) is 3.58. The van der Waals surface area contributed by atoms with Crippen molar-refractivity contribution in [3.8, 4) is 0 Å². The van der Waals surface area contributed by atoms with Crippen molar-refractivity contribution in [3.63, 3.8) is 0 Å². The normalized spacial score (nSPS) is 23.8. The summed E-state index contributed by atoms with van der Waals surface area (Å²) in [4.78, 5) is 15.8. The summed E-state index contributed by atoms with van der Waals surface area (Å²) in [5.41, 5.74) is 0.723. The molecule has 2 aliphatic rings. The molecule has 0 N–H and O–H groups in total. The summed E-state index contributed by atoms with van der Waals surface area (Å²) in [6.45, 7) is 3.10. The summed E-state index contributed by atoms with van der Waals surface area (Å²) in [5.74, 6) is 0.110. The summed E-state index contributed by atoms with van der Waals surface area (Å²) in [5, 5.41) is 0. The first kappa shape index (κ1) is 13.1. The number of benzene rings is 1. The molecule has 0 spiro atoms. The zero-order valence-electron chi connectivity index (χ0n) is 10.6. The Morgan fingerprint density at radius 1 is 1.37 bits per heavy atom. The lowest BCUT2D eigenvalue weighted by Crippen LogP contribution is -2.51. The Hall–Kier alpha value is -0.940. The molecule has 0 bridgehead atoms. The summed E-state index contributed by atoms with van der Waals surface area (Å²) in [7, 11) is 0. The second kappa shape index (κ2) is 5.21. The molecular formula is C14H16BrFN2O. The molecule has 3 nitrogen and oxygen atoms in total. The summed E-state index contributed by atoms with van der Waals surface area (Å²) >= 11 is 3.27. The van der Waals surface area contributed by atoms with E-state index in [0.717, 1.165) is 36.1 Å². The van der Waals surface area contributed by atoms with Crippen LogP contribution >= 0.6 is 15.9 Å². The van der Waals surface area contributed by atoms with Gasteiger partial charge >= 0.3 is 0 Å². The summed E-state index contributed by atoms with van der Waals surface area (Å²) < 4.78 is 14.6. The third kappa shape index (κ3) is 2.67. The molecule has 0 radical (unpaired) electrons. The number of hydrogen-bond donors (Lipinski definition) is 0. The first-order valence-electron chi connectivity index (χ1n) is 6.59. The zero-order valence-corrected chi connectivity index (χ0v) is 12.2. The van der Waals surface area contributed by atoms with E-state index in [1.165, 1.54) is 6.07 Å². The predicted octanol–water partition coefficient (Wildman–Crippen LogP) is 2.39. The van der Waals surface area contributed by atoms with Gasteiger partial charge in [-0.2, -0.15) is 0 Å². The van der Waals surface area contributed by atoms with Gasteiger partial charge in [-0.3, -0.25) is 9.69 Å². The van der Waals surface area contributed by atoms with Crippen LogP contribution in [0.3, 0.4) is 0 Å². The Labute approximate surface area is 120 Å². The molecule has 19 heavy (non-hydrogen) atoms. The quantitative estimate of drug-likeness (QED) is 0.833. The van der Waals surface area contributed by atoms with Gasteiger partial charge in [0.2, 0.25) is 5.91 Å². The third-order valence-electron chi connectivity index (χ3n) is 3.99. The van der Waals surface area contributed by atoms with Crippen LogP contribution in [-0.4, -0.2) is 41.4 Å². The van der Waals surface area contributed by atoms with E-state index in [-0.39, 0.29) is 11.7 Å². The van der Waals surface area contributed by atoms with Gasteiger partial charge in [-0.1, -0.05) is 22.0 Å². The molecule has 1 aromatic carbocycles. The van der Waals surface area contributed by atoms with Crippen LogP contribution in [0.5, 0.6) is 0 Å². The van der Waals surface area contributed by atoms with Gasteiger partial charge in [0.25, 0.3) is 0 Å². The highest BCUT2D eigenvalue weighted by molar-refractivity contribution is 9.10. The Morgan fingerprint density at radius 2 is 2.21 bits per heavy atom. The van der Waals surface area contributed by atoms with E-state index in [9.17, 15) is 9.18 Å². The predicted molar refractivity (Wildman–Crippen MR) is 74.1 cm³/mol. The molecule has 1 atom stereocenters. The van der Waals surface area contributed by atoms with Crippen LogP contribution < -0.4 is 0 Å². The van der Waals surface area contributed by atoms with Gasteiger partial charge in [0, 0.05) is 48.7 Å². The average Bonchev–Trinajstić information content (AvgIpc) is 2.74. The Balaban J connectivity index is 1.66. The van der Waals surface area contributed by atoms with Crippen LogP contribution in [0.1, 0.15) is 18.4 Å². The van der Waals surface area contributed by atoms with E-state index >= 15 is 0 Å². The largest absolute Gasteiger partial charge is 0.337 e. The lowest BCUT2D eigenvalue weighted by molar-refractivity contribution is -0.130. The molecular weight excluding hydrogens is 311 g/mol. The number of nitrogens with zero attached hydrogens (tertiary/aromatic N) is 2. The van der Waals surface area contributed by atoms with Crippen LogP contribution in [0, 0.1) is 5.82 Å². The second-order valence-electron chi connectivity index (χ2n) is 5.25. The highest BCUT2D eigenvalue weighted by Gasteiger charge is 2.35. The molecule has 2 fully saturated rings. The molecule has 0 aromatic heterocycles. The van der Waals surface area contributed by atoms with E-state index in [1.54, 1.807) is 0 Å². The van der Waals surface area contributed by atoms with Crippen LogP contribution in [0.4, 0.5) is 4.39 Å². The molecule has 1 unspecified atom stereocenters. The number of piperazine rings is 1. The second-order valence-corrected chi connectivity index (χ2v) is 6.17.